The number of ether oxygens (including phenoxy) is 3. The third-order valence-electron chi connectivity index (χ3n) is 2.97. The van der Waals surface area contributed by atoms with E-state index in [0.717, 1.165) is 5.56 Å². The highest BCUT2D eigenvalue weighted by molar-refractivity contribution is 6.00. The maximum absolute atomic E-state index is 11.7. The van der Waals surface area contributed by atoms with Crippen LogP contribution in [0.2, 0.25) is 0 Å². The molecule has 2 rings (SSSR count). The van der Waals surface area contributed by atoms with Crippen LogP contribution in [-0.2, 0) is 11.2 Å². The lowest BCUT2D eigenvalue weighted by atomic mass is 9.97. The van der Waals surface area contributed by atoms with Gasteiger partial charge in [0, 0.05) is 18.1 Å². The van der Waals surface area contributed by atoms with Crippen LogP contribution < -0.4 is 25.3 Å². The predicted molar refractivity (Wildman–Crippen MR) is 66.4 cm³/mol. The lowest BCUT2D eigenvalue weighted by Crippen LogP contribution is -2.41. The molecule has 1 aromatic rings. The number of nitrogens with two attached hydrogens (primary N) is 1. The van der Waals surface area contributed by atoms with Crippen LogP contribution in [0.15, 0.2) is 6.07 Å². The fourth-order valence-corrected chi connectivity index (χ4v) is 2.05. The highest BCUT2D eigenvalue weighted by Crippen LogP contribution is 2.45. The standard InChI is InChI=1S/C12H16N2O4/c1-16-8-5-9(17-2)11(18-3)10-6(8)4-7(13)12(15)14-10/h5,7H,4,13H2,1-3H3,(H,14,15). The number of nitrogens with one attached hydrogen (secondary N) is 1. The SMILES string of the molecule is COc1cc(OC)c(OC)c2c1CC(N)C(=O)N2. The zero-order valence-corrected chi connectivity index (χ0v) is 10.6. The summed E-state index contributed by atoms with van der Waals surface area (Å²) in [4.78, 5) is 11.7. The van der Waals surface area contributed by atoms with E-state index in [1.165, 1.54) is 14.2 Å². The van der Waals surface area contributed by atoms with E-state index in [1.807, 2.05) is 0 Å². The van der Waals surface area contributed by atoms with Gasteiger partial charge in [-0.05, 0) is 0 Å². The van der Waals surface area contributed by atoms with Gasteiger partial charge in [0.25, 0.3) is 0 Å². The van der Waals surface area contributed by atoms with Gasteiger partial charge in [0.2, 0.25) is 5.91 Å². The van der Waals surface area contributed by atoms with Crippen LogP contribution in [0.1, 0.15) is 5.56 Å². The highest BCUT2D eigenvalue weighted by atomic mass is 16.5. The number of hydrogen-bond acceptors (Lipinski definition) is 5. The molecule has 1 aliphatic rings. The Bertz CT molecular complexity index is 487. The molecule has 1 unspecified atom stereocenters. The Morgan fingerprint density at radius 2 is 1.89 bits per heavy atom. The van der Waals surface area contributed by atoms with Gasteiger partial charge in [-0.1, -0.05) is 0 Å². The molecule has 1 aromatic carbocycles. The van der Waals surface area contributed by atoms with Crippen LogP contribution >= 0.6 is 0 Å². The number of carbonyl (C=O) groups excluding carboxylic acids is 1. The van der Waals surface area contributed by atoms with Crippen molar-refractivity contribution in [1.29, 1.82) is 0 Å². The summed E-state index contributed by atoms with van der Waals surface area (Å²) in [5.74, 6) is 1.37. The van der Waals surface area contributed by atoms with Crippen LogP contribution in [0, 0.1) is 0 Å². The van der Waals surface area contributed by atoms with Crippen molar-refractivity contribution < 1.29 is 19.0 Å². The first-order valence-electron chi connectivity index (χ1n) is 5.50. The molecular weight excluding hydrogens is 236 g/mol. The topological polar surface area (TPSA) is 82.8 Å². The minimum Gasteiger partial charge on any atom is -0.496 e. The largest absolute Gasteiger partial charge is 0.496 e. The summed E-state index contributed by atoms with van der Waals surface area (Å²) >= 11 is 0. The number of rotatable bonds is 3. The molecule has 1 heterocycles. The van der Waals surface area contributed by atoms with Gasteiger partial charge >= 0.3 is 0 Å². The summed E-state index contributed by atoms with van der Waals surface area (Å²) in [6, 6.07) is 1.14. The minimum absolute atomic E-state index is 0.240. The average Bonchev–Trinajstić information content (AvgIpc) is 2.38. The summed E-state index contributed by atoms with van der Waals surface area (Å²) in [6.45, 7) is 0. The van der Waals surface area contributed by atoms with E-state index in [0.29, 0.717) is 29.4 Å². The molecule has 0 saturated carbocycles. The molecule has 3 N–H and O–H groups in total. The number of fused-ring (bicyclic) bond motifs is 1. The van der Waals surface area contributed by atoms with Crippen molar-refractivity contribution in [3.63, 3.8) is 0 Å². The van der Waals surface area contributed by atoms with Gasteiger partial charge in [-0.3, -0.25) is 4.79 Å². The zero-order chi connectivity index (χ0) is 13.3. The van der Waals surface area contributed by atoms with Gasteiger partial charge < -0.3 is 25.3 Å². The monoisotopic (exact) mass is 252 g/mol. The molecule has 1 amide bonds. The summed E-state index contributed by atoms with van der Waals surface area (Å²) in [5.41, 5.74) is 7.13. The molecule has 6 heteroatoms. The highest BCUT2D eigenvalue weighted by Gasteiger charge is 2.30. The molecule has 18 heavy (non-hydrogen) atoms. The normalized spacial score (nSPS) is 17.8. The molecular formula is C12H16N2O4. The summed E-state index contributed by atoms with van der Waals surface area (Å²) in [6.07, 6.45) is 0.407. The summed E-state index contributed by atoms with van der Waals surface area (Å²) in [7, 11) is 4.61. The maximum atomic E-state index is 11.7. The zero-order valence-electron chi connectivity index (χ0n) is 10.6. The second-order valence-electron chi connectivity index (χ2n) is 3.97. The average molecular weight is 252 g/mol. The van der Waals surface area contributed by atoms with Gasteiger partial charge in [-0.25, -0.2) is 0 Å². The molecule has 6 nitrogen and oxygen atoms in total. The number of carbonyl (C=O) groups is 1. The van der Waals surface area contributed by atoms with Crippen molar-refractivity contribution in [2.24, 2.45) is 5.73 Å². The first-order valence-corrected chi connectivity index (χ1v) is 5.50. The molecule has 0 aliphatic carbocycles. The Labute approximate surface area is 105 Å². The van der Waals surface area contributed by atoms with Crippen LogP contribution in [0.3, 0.4) is 0 Å². The first kappa shape index (κ1) is 12.5. The molecule has 0 aromatic heterocycles. The smallest absolute Gasteiger partial charge is 0.241 e. The van der Waals surface area contributed by atoms with E-state index in [9.17, 15) is 4.79 Å². The van der Waals surface area contributed by atoms with E-state index in [-0.39, 0.29) is 5.91 Å². The Morgan fingerprint density at radius 1 is 1.22 bits per heavy atom. The quantitative estimate of drug-likeness (QED) is 0.820. The Balaban J connectivity index is 2.64. The first-order chi connectivity index (χ1) is 8.62. The van der Waals surface area contributed by atoms with Gasteiger partial charge in [0.15, 0.2) is 11.5 Å². The Hall–Kier alpha value is -1.95. The van der Waals surface area contributed by atoms with Crippen molar-refractivity contribution in [3.8, 4) is 17.2 Å². The van der Waals surface area contributed by atoms with Crippen molar-refractivity contribution in [2.45, 2.75) is 12.5 Å². The molecule has 0 radical (unpaired) electrons. The number of methoxy groups -OCH3 is 3. The Kier molecular flexibility index (Phi) is 3.29. The number of benzene rings is 1. The minimum atomic E-state index is -0.579. The maximum Gasteiger partial charge on any atom is 0.241 e. The van der Waals surface area contributed by atoms with E-state index < -0.39 is 6.04 Å². The van der Waals surface area contributed by atoms with E-state index in [4.69, 9.17) is 19.9 Å². The van der Waals surface area contributed by atoms with E-state index in [1.54, 1.807) is 13.2 Å². The number of anilines is 1. The van der Waals surface area contributed by atoms with Gasteiger partial charge in [0.05, 0.1) is 33.1 Å². The lowest BCUT2D eigenvalue weighted by molar-refractivity contribution is -0.117. The van der Waals surface area contributed by atoms with Crippen molar-refractivity contribution >= 4 is 11.6 Å². The second kappa shape index (κ2) is 4.73. The van der Waals surface area contributed by atoms with Crippen molar-refractivity contribution in [2.75, 3.05) is 26.6 Å². The molecule has 0 bridgehead atoms. The summed E-state index contributed by atoms with van der Waals surface area (Å²) in [5, 5.41) is 2.73. The fraction of sp³-hybridized carbons (Fsp3) is 0.417. The molecule has 0 spiro atoms. The lowest BCUT2D eigenvalue weighted by Gasteiger charge is -2.26. The van der Waals surface area contributed by atoms with E-state index in [2.05, 4.69) is 5.32 Å². The van der Waals surface area contributed by atoms with Gasteiger partial charge in [0.1, 0.15) is 5.75 Å². The predicted octanol–water partition coefficient (Wildman–Crippen LogP) is 0.534. The Morgan fingerprint density at radius 3 is 2.44 bits per heavy atom. The van der Waals surface area contributed by atoms with Crippen molar-refractivity contribution in [1.82, 2.24) is 0 Å². The third-order valence-corrected chi connectivity index (χ3v) is 2.97. The van der Waals surface area contributed by atoms with E-state index >= 15 is 0 Å². The molecule has 1 aliphatic heterocycles. The molecule has 1 atom stereocenters. The third kappa shape index (κ3) is 1.84. The second-order valence-corrected chi connectivity index (χ2v) is 3.97. The van der Waals surface area contributed by atoms with Gasteiger partial charge in [-0.15, -0.1) is 0 Å². The number of hydrogen-bond donors (Lipinski definition) is 2. The number of amides is 1. The van der Waals surface area contributed by atoms with Crippen LogP contribution in [0.5, 0.6) is 17.2 Å². The van der Waals surface area contributed by atoms with Crippen LogP contribution in [0.4, 0.5) is 5.69 Å². The van der Waals surface area contributed by atoms with Gasteiger partial charge in [-0.2, -0.15) is 0 Å². The molecule has 0 fully saturated rings. The molecule has 0 saturated heterocycles. The molecule has 98 valence electrons. The van der Waals surface area contributed by atoms with Crippen LogP contribution in [0.25, 0.3) is 0 Å². The fourth-order valence-electron chi connectivity index (χ4n) is 2.05. The summed E-state index contributed by atoms with van der Waals surface area (Å²) < 4.78 is 15.8. The van der Waals surface area contributed by atoms with Crippen LogP contribution in [-0.4, -0.2) is 33.3 Å². The van der Waals surface area contributed by atoms with Crippen molar-refractivity contribution in [3.05, 3.63) is 11.6 Å².